The van der Waals surface area contributed by atoms with E-state index in [0.29, 0.717) is 18.7 Å². The maximum Gasteiger partial charge on any atom is 0.254 e. The molecule has 0 atom stereocenters. The molecule has 1 heterocycles. The standard InChI is InChI=1S/C14H15NO4/c1-9-6-11(16)8-14(19)15(9)5-4-10-2-3-12(17)13(18)7-10/h2-3,6-8,16-18H,4-5H2,1H3. The van der Waals surface area contributed by atoms with Gasteiger partial charge in [-0.15, -0.1) is 0 Å². The Bertz CT molecular complexity index is 661. The van der Waals surface area contributed by atoms with Crippen LogP contribution in [0.5, 0.6) is 17.2 Å². The first-order valence-electron chi connectivity index (χ1n) is 5.88. The van der Waals surface area contributed by atoms with Crippen LogP contribution in [0, 0.1) is 6.92 Å². The quantitative estimate of drug-likeness (QED) is 0.731. The molecule has 0 unspecified atom stereocenters. The van der Waals surface area contributed by atoms with E-state index in [1.54, 1.807) is 17.6 Å². The van der Waals surface area contributed by atoms with E-state index in [9.17, 15) is 20.1 Å². The number of pyridine rings is 1. The predicted molar refractivity (Wildman–Crippen MR) is 70.6 cm³/mol. The highest BCUT2D eigenvalue weighted by molar-refractivity contribution is 5.40. The van der Waals surface area contributed by atoms with Crippen LogP contribution in [0.3, 0.4) is 0 Å². The molecular weight excluding hydrogens is 246 g/mol. The molecule has 100 valence electrons. The molecule has 2 aromatic rings. The molecular formula is C14H15NO4. The lowest BCUT2D eigenvalue weighted by Gasteiger charge is -2.10. The maximum atomic E-state index is 11.7. The first-order valence-corrected chi connectivity index (χ1v) is 5.88. The van der Waals surface area contributed by atoms with Crippen LogP contribution in [-0.2, 0) is 13.0 Å². The average Bonchev–Trinajstić information content (AvgIpc) is 2.32. The Morgan fingerprint density at radius 2 is 1.79 bits per heavy atom. The van der Waals surface area contributed by atoms with Crippen molar-refractivity contribution in [3.05, 3.63) is 51.9 Å². The normalized spacial score (nSPS) is 10.6. The van der Waals surface area contributed by atoms with E-state index in [0.717, 1.165) is 5.56 Å². The lowest BCUT2D eigenvalue weighted by Crippen LogP contribution is -2.22. The van der Waals surface area contributed by atoms with Gasteiger partial charge in [0.1, 0.15) is 5.75 Å². The van der Waals surface area contributed by atoms with Gasteiger partial charge in [-0.1, -0.05) is 6.07 Å². The molecule has 5 heteroatoms. The monoisotopic (exact) mass is 261 g/mol. The maximum absolute atomic E-state index is 11.7. The molecule has 1 aromatic heterocycles. The molecule has 0 radical (unpaired) electrons. The van der Waals surface area contributed by atoms with Crippen LogP contribution in [0.25, 0.3) is 0 Å². The average molecular weight is 261 g/mol. The highest BCUT2D eigenvalue weighted by atomic mass is 16.3. The van der Waals surface area contributed by atoms with Crippen molar-refractivity contribution in [1.82, 2.24) is 4.57 Å². The largest absolute Gasteiger partial charge is 0.508 e. The molecule has 0 fully saturated rings. The molecule has 0 spiro atoms. The van der Waals surface area contributed by atoms with E-state index < -0.39 is 0 Å². The second kappa shape index (κ2) is 5.06. The minimum Gasteiger partial charge on any atom is -0.508 e. The molecule has 0 aliphatic heterocycles. The fourth-order valence-corrected chi connectivity index (χ4v) is 1.96. The lowest BCUT2D eigenvalue weighted by atomic mass is 10.1. The van der Waals surface area contributed by atoms with Crippen molar-refractivity contribution in [2.45, 2.75) is 19.9 Å². The van der Waals surface area contributed by atoms with Crippen LogP contribution in [0.4, 0.5) is 0 Å². The molecule has 0 bridgehead atoms. The lowest BCUT2D eigenvalue weighted by molar-refractivity contribution is 0.403. The molecule has 3 N–H and O–H groups in total. The van der Waals surface area contributed by atoms with Gasteiger partial charge in [-0.3, -0.25) is 4.79 Å². The Balaban J connectivity index is 2.19. The van der Waals surface area contributed by atoms with Crippen molar-refractivity contribution in [3.8, 4) is 17.2 Å². The molecule has 0 aliphatic carbocycles. The van der Waals surface area contributed by atoms with E-state index in [2.05, 4.69) is 0 Å². The number of benzene rings is 1. The molecule has 19 heavy (non-hydrogen) atoms. The number of hydrogen-bond acceptors (Lipinski definition) is 4. The Morgan fingerprint density at radius 3 is 2.42 bits per heavy atom. The molecule has 2 rings (SSSR count). The Hall–Kier alpha value is -2.43. The second-order valence-electron chi connectivity index (χ2n) is 4.42. The molecule has 1 aromatic carbocycles. The fourth-order valence-electron chi connectivity index (χ4n) is 1.96. The SMILES string of the molecule is Cc1cc(O)cc(=O)n1CCc1ccc(O)c(O)c1. The van der Waals surface area contributed by atoms with E-state index in [4.69, 9.17) is 0 Å². The van der Waals surface area contributed by atoms with E-state index in [-0.39, 0.29) is 22.8 Å². The first kappa shape index (κ1) is 13.0. The van der Waals surface area contributed by atoms with E-state index in [1.807, 2.05) is 0 Å². The van der Waals surface area contributed by atoms with Crippen LogP contribution >= 0.6 is 0 Å². The number of hydrogen-bond donors (Lipinski definition) is 3. The summed E-state index contributed by atoms with van der Waals surface area (Å²) in [4.78, 5) is 11.7. The summed E-state index contributed by atoms with van der Waals surface area (Å²) < 4.78 is 1.55. The first-order chi connectivity index (χ1) is 8.97. The van der Waals surface area contributed by atoms with Gasteiger partial charge in [0, 0.05) is 18.3 Å². The van der Waals surface area contributed by atoms with Crippen molar-refractivity contribution in [1.29, 1.82) is 0 Å². The number of rotatable bonds is 3. The van der Waals surface area contributed by atoms with Gasteiger partial charge in [-0.2, -0.15) is 0 Å². The third-order valence-corrected chi connectivity index (χ3v) is 2.98. The Labute approximate surface area is 110 Å². The van der Waals surface area contributed by atoms with Crippen LogP contribution < -0.4 is 5.56 Å². The van der Waals surface area contributed by atoms with Crippen molar-refractivity contribution >= 4 is 0 Å². The number of nitrogens with zero attached hydrogens (tertiary/aromatic N) is 1. The zero-order valence-corrected chi connectivity index (χ0v) is 10.5. The topological polar surface area (TPSA) is 82.7 Å². The molecule has 0 saturated heterocycles. The van der Waals surface area contributed by atoms with Crippen molar-refractivity contribution in [2.75, 3.05) is 0 Å². The summed E-state index contributed by atoms with van der Waals surface area (Å²) >= 11 is 0. The highest BCUT2D eigenvalue weighted by Crippen LogP contribution is 2.25. The smallest absolute Gasteiger partial charge is 0.254 e. The predicted octanol–water partition coefficient (Wildman–Crippen LogP) is 1.52. The highest BCUT2D eigenvalue weighted by Gasteiger charge is 2.05. The second-order valence-corrected chi connectivity index (χ2v) is 4.42. The summed E-state index contributed by atoms with van der Waals surface area (Å²) in [6.45, 7) is 2.19. The summed E-state index contributed by atoms with van der Waals surface area (Å²) in [5, 5.41) is 27.9. The third kappa shape index (κ3) is 2.88. The van der Waals surface area contributed by atoms with E-state index in [1.165, 1.54) is 24.3 Å². The zero-order chi connectivity index (χ0) is 14.0. The Morgan fingerprint density at radius 1 is 1.05 bits per heavy atom. The van der Waals surface area contributed by atoms with Crippen molar-refractivity contribution in [2.24, 2.45) is 0 Å². The number of phenolic OH excluding ortho intramolecular Hbond substituents is 2. The third-order valence-electron chi connectivity index (χ3n) is 2.98. The van der Waals surface area contributed by atoms with Crippen molar-refractivity contribution < 1.29 is 15.3 Å². The summed E-state index contributed by atoms with van der Waals surface area (Å²) in [7, 11) is 0. The number of phenols is 2. The molecule has 0 amide bonds. The minimum absolute atomic E-state index is 0.0407. The van der Waals surface area contributed by atoms with Gasteiger partial charge in [-0.25, -0.2) is 0 Å². The van der Waals surface area contributed by atoms with Crippen LogP contribution in [0.15, 0.2) is 35.1 Å². The summed E-state index contributed by atoms with van der Waals surface area (Å²) in [5.41, 5.74) is 1.23. The van der Waals surface area contributed by atoms with Crippen molar-refractivity contribution in [3.63, 3.8) is 0 Å². The zero-order valence-electron chi connectivity index (χ0n) is 10.5. The molecule has 5 nitrogen and oxygen atoms in total. The van der Waals surface area contributed by atoms with Gasteiger partial charge in [0.2, 0.25) is 0 Å². The number of aromatic nitrogens is 1. The summed E-state index contributed by atoms with van der Waals surface area (Å²) in [6, 6.07) is 7.26. The molecule has 0 aliphatic rings. The fraction of sp³-hybridized carbons (Fsp3) is 0.214. The molecule has 0 saturated carbocycles. The summed E-state index contributed by atoms with van der Waals surface area (Å²) in [5.74, 6) is -0.380. The van der Waals surface area contributed by atoms with E-state index >= 15 is 0 Å². The van der Waals surface area contributed by atoms with Gasteiger partial charge in [0.15, 0.2) is 11.5 Å². The summed E-state index contributed by atoms with van der Waals surface area (Å²) in [6.07, 6.45) is 0.541. The number of aryl methyl sites for hydroxylation is 2. The minimum atomic E-state index is -0.263. The van der Waals surface area contributed by atoms with Gasteiger partial charge in [0.05, 0.1) is 0 Å². The van der Waals surface area contributed by atoms with Crippen LogP contribution in [-0.4, -0.2) is 19.9 Å². The van der Waals surface area contributed by atoms with Gasteiger partial charge in [-0.05, 0) is 37.1 Å². The van der Waals surface area contributed by atoms with Crippen LogP contribution in [0.1, 0.15) is 11.3 Å². The van der Waals surface area contributed by atoms with Gasteiger partial charge in [0.25, 0.3) is 5.56 Å². The van der Waals surface area contributed by atoms with Crippen LogP contribution in [0.2, 0.25) is 0 Å². The van der Waals surface area contributed by atoms with Gasteiger partial charge < -0.3 is 19.9 Å². The van der Waals surface area contributed by atoms with Gasteiger partial charge >= 0.3 is 0 Å². The number of aromatic hydroxyl groups is 3. The Kier molecular flexibility index (Phi) is 3.46.